The summed E-state index contributed by atoms with van der Waals surface area (Å²) in [5.41, 5.74) is 0.971. The fourth-order valence-electron chi connectivity index (χ4n) is 1.87. The quantitative estimate of drug-likeness (QED) is 0.851. The molecular formula is C12H11N5O2S. The summed E-state index contributed by atoms with van der Waals surface area (Å²) < 4.78 is 0. The van der Waals surface area contributed by atoms with Crippen LogP contribution in [0.3, 0.4) is 0 Å². The Balaban J connectivity index is 1.80. The summed E-state index contributed by atoms with van der Waals surface area (Å²) in [5, 5.41) is 5.00. The normalized spacial score (nSPS) is 15.0. The molecule has 2 aromatic heterocycles. The van der Waals surface area contributed by atoms with E-state index < -0.39 is 0 Å². The zero-order chi connectivity index (χ0) is 13.9. The lowest BCUT2D eigenvalue weighted by Gasteiger charge is -2.25. The SMILES string of the molecule is O=C1CN(C(=O)c2csc(-c3cnccn3)n2)CCN1. The average molecular weight is 289 g/mol. The van der Waals surface area contributed by atoms with Gasteiger partial charge in [-0.25, -0.2) is 4.98 Å². The third-order valence-electron chi connectivity index (χ3n) is 2.83. The van der Waals surface area contributed by atoms with E-state index >= 15 is 0 Å². The van der Waals surface area contributed by atoms with E-state index in [4.69, 9.17) is 0 Å². The molecule has 1 fully saturated rings. The van der Waals surface area contributed by atoms with E-state index in [1.807, 2.05) is 0 Å². The molecule has 3 heterocycles. The molecule has 0 spiro atoms. The van der Waals surface area contributed by atoms with Gasteiger partial charge in [0.2, 0.25) is 5.91 Å². The highest BCUT2D eigenvalue weighted by Crippen LogP contribution is 2.21. The van der Waals surface area contributed by atoms with Crippen LogP contribution in [0.4, 0.5) is 0 Å². The Morgan fingerprint density at radius 3 is 3.05 bits per heavy atom. The molecule has 7 nitrogen and oxygen atoms in total. The lowest BCUT2D eigenvalue weighted by Crippen LogP contribution is -2.50. The molecule has 1 N–H and O–H groups in total. The molecule has 1 aliphatic rings. The minimum Gasteiger partial charge on any atom is -0.353 e. The first kappa shape index (κ1) is 12.7. The van der Waals surface area contributed by atoms with Crippen LogP contribution >= 0.6 is 11.3 Å². The molecular weight excluding hydrogens is 278 g/mol. The first-order valence-electron chi connectivity index (χ1n) is 6.02. The van der Waals surface area contributed by atoms with E-state index in [-0.39, 0.29) is 18.4 Å². The highest BCUT2D eigenvalue weighted by Gasteiger charge is 2.24. The summed E-state index contributed by atoms with van der Waals surface area (Å²) >= 11 is 1.33. The lowest BCUT2D eigenvalue weighted by molar-refractivity contribution is -0.123. The summed E-state index contributed by atoms with van der Waals surface area (Å²) in [6.07, 6.45) is 4.75. The Morgan fingerprint density at radius 1 is 1.40 bits per heavy atom. The molecule has 2 aromatic rings. The van der Waals surface area contributed by atoms with Gasteiger partial charge in [-0.05, 0) is 0 Å². The number of thiazole rings is 1. The van der Waals surface area contributed by atoms with Gasteiger partial charge >= 0.3 is 0 Å². The van der Waals surface area contributed by atoms with Crippen molar-refractivity contribution in [2.24, 2.45) is 0 Å². The Bertz CT molecular complexity index is 642. The summed E-state index contributed by atoms with van der Waals surface area (Å²) in [6.45, 7) is 1.06. The molecule has 0 aliphatic carbocycles. The lowest BCUT2D eigenvalue weighted by atomic mass is 10.3. The standard InChI is InChI=1S/C12H11N5O2S/c18-10-6-17(4-3-15-10)12(19)9-7-20-11(16-9)8-5-13-1-2-14-8/h1-2,5,7H,3-4,6H2,(H,15,18). The van der Waals surface area contributed by atoms with Crippen molar-refractivity contribution in [3.05, 3.63) is 29.7 Å². The van der Waals surface area contributed by atoms with Gasteiger partial charge in [0.15, 0.2) is 0 Å². The monoisotopic (exact) mass is 289 g/mol. The summed E-state index contributed by atoms with van der Waals surface area (Å²) in [5.74, 6) is -0.375. The fourth-order valence-corrected chi connectivity index (χ4v) is 2.63. The maximum atomic E-state index is 12.2. The molecule has 20 heavy (non-hydrogen) atoms. The van der Waals surface area contributed by atoms with Crippen LogP contribution in [-0.4, -0.2) is 51.3 Å². The zero-order valence-electron chi connectivity index (χ0n) is 10.4. The number of rotatable bonds is 2. The number of piperazine rings is 1. The van der Waals surface area contributed by atoms with E-state index in [2.05, 4.69) is 20.3 Å². The van der Waals surface area contributed by atoms with Gasteiger partial charge in [-0.3, -0.25) is 19.6 Å². The second-order valence-corrected chi connectivity index (χ2v) is 5.06. The van der Waals surface area contributed by atoms with Crippen molar-refractivity contribution >= 4 is 23.2 Å². The van der Waals surface area contributed by atoms with Gasteiger partial charge in [0.05, 0.1) is 12.7 Å². The van der Waals surface area contributed by atoms with E-state index in [0.717, 1.165) is 0 Å². The third-order valence-corrected chi connectivity index (χ3v) is 3.70. The number of nitrogens with one attached hydrogen (secondary N) is 1. The second kappa shape index (κ2) is 5.33. The Kier molecular flexibility index (Phi) is 3.38. The van der Waals surface area contributed by atoms with E-state index in [1.165, 1.54) is 16.2 Å². The number of carbonyl (C=O) groups excluding carboxylic acids is 2. The number of aromatic nitrogens is 3. The highest BCUT2D eigenvalue weighted by atomic mass is 32.1. The van der Waals surface area contributed by atoms with Crippen LogP contribution < -0.4 is 5.32 Å². The van der Waals surface area contributed by atoms with Crippen molar-refractivity contribution < 1.29 is 9.59 Å². The van der Waals surface area contributed by atoms with Crippen molar-refractivity contribution in [3.8, 4) is 10.7 Å². The van der Waals surface area contributed by atoms with Crippen LogP contribution in [0.25, 0.3) is 10.7 Å². The summed E-state index contributed by atoms with van der Waals surface area (Å²) in [7, 11) is 0. The van der Waals surface area contributed by atoms with Crippen LogP contribution in [-0.2, 0) is 4.79 Å². The molecule has 102 valence electrons. The number of amides is 2. The van der Waals surface area contributed by atoms with Crippen LogP contribution in [0.15, 0.2) is 24.0 Å². The van der Waals surface area contributed by atoms with Crippen molar-refractivity contribution in [1.29, 1.82) is 0 Å². The van der Waals surface area contributed by atoms with Gasteiger partial charge in [-0.1, -0.05) is 0 Å². The van der Waals surface area contributed by atoms with Crippen molar-refractivity contribution in [2.75, 3.05) is 19.6 Å². The Hall–Kier alpha value is -2.35. The Morgan fingerprint density at radius 2 is 2.30 bits per heavy atom. The largest absolute Gasteiger partial charge is 0.353 e. The van der Waals surface area contributed by atoms with Gasteiger partial charge in [0.1, 0.15) is 16.4 Å². The molecule has 0 atom stereocenters. The van der Waals surface area contributed by atoms with E-state index in [1.54, 1.807) is 24.0 Å². The van der Waals surface area contributed by atoms with Gasteiger partial charge in [-0.2, -0.15) is 0 Å². The molecule has 2 amide bonds. The topological polar surface area (TPSA) is 88.1 Å². The van der Waals surface area contributed by atoms with Gasteiger partial charge < -0.3 is 10.2 Å². The molecule has 0 aromatic carbocycles. The number of nitrogens with zero attached hydrogens (tertiary/aromatic N) is 4. The second-order valence-electron chi connectivity index (χ2n) is 4.21. The maximum absolute atomic E-state index is 12.2. The molecule has 0 radical (unpaired) electrons. The molecule has 0 unspecified atom stereocenters. The van der Waals surface area contributed by atoms with Crippen molar-refractivity contribution in [3.63, 3.8) is 0 Å². The number of hydrogen-bond acceptors (Lipinski definition) is 6. The average Bonchev–Trinajstić information content (AvgIpc) is 2.97. The van der Waals surface area contributed by atoms with Crippen molar-refractivity contribution in [1.82, 2.24) is 25.2 Å². The molecule has 3 rings (SSSR count). The molecule has 0 bridgehead atoms. The van der Waals surface area contributed by atoms with Gasteiger partial charge in [0.25, 0.3) is 5.91 Å². The molecule has 1 saturated heterocycles. The van der Waals surface area contributed by atoms with Crippen LogP contribution in [0.1, 0.15) is 10.5 Å². The van der Waals surface area contributed by atoms with E-state index in [0.29, 0.717) is 29.5 Å². The van der Waals surface area contributed by atoms with Crippen LogP contribution in [0, 0.1) is 0 Å². The van der Waals surface area contributed by atoms with Crippen LogP contribution in [0.5, 0.6) is 0 Å². The maximum Gasteiger partial charge on any atom is 0.273 e. The first-order valence-corrected chi connectivity index (χ1v) is 6.90. The summed E-state index contributed by atoms with van der Waals surface area (Å²) in [6, 6.07) is 0. The minimum atomic E-state index is -0.230. The zero-order valence-corrected chi connectivity index (χ0v) is 11.3. The molecule has 0 saturated carbocycles. The van der Waals surface area contributed by atoms with Gasteiger partial charge in [-0.15, -0.1) is 11.3 Å². The Labute approximate surface area is 118 Å². The van der Waals surface area contributed by atoms with Gasteiger partial charge in [0, 0.05) is 30.9 Å². The molecule has 1 aliphatic heterocycles. The number of carbonyl (C=O) groups is 2. The molecule has 8 heteroatoms. The minimum absolute atomic E-state index is 0.0802. The number of hydrogen-bond donors (Lipinski definition) is 1. The smallest absolute Gasteiger partial charge is 0.273 e. The van der Waals surface area contributed by atoms with Crippen LogP contribution in [0.2, 0.25) is 0 Å². The van der Waals surface area contributed by atoms with Crippen molar-refractivity contribution in [2.45, 2.75) is 0 Å². The first-order chi connectivity index (χ1) is 9.74. The highest BCUT2D eigenvalue weighted by molar-refractivity contribution is 7.13. The van der Waals surface area contributed by atoms with E-state index in [9.17, 15) is 9.59 Å². The predicted octanol–water partition coefficient (Wildman–Crippen LogP) is 0.172. The predicted molar refractivity (Wildman–Crippen MR) is 72.1 cm³/mol. The fraction of sp³-hybridized carbons (Fsp3) is 0.250. The third kappa shape index (κ3) is 2.50. The summed E-state index contributed by atoms with van der Waals surface area (Å²) in [4.78, 5) is 37.4.